The van der Waals surface area contributed by atoms with Crippen molar-refractivity contribution in [3.8, 4) is 0 Å². The molecule has 39 heavy (non-hydrogen) atoms. The van der Waals surface area contributed by atoms with E-state index in [1.807, 2.05) is 7.05 Å². The van der Waals surface area contributed by atoms with Crippen LogP contribution in [0.15, 0.2) is 24.3 Å². The van der Waals surface area contributed by atoms with E-state index in [4.69, 9.17) is 22.2 Å². The Labute approximate surface area is 241 Å². The summed E-state index contributed by atoms with van der Waals surface area (Å²) in [5, 5.41) is 5.83. The SMILES string of the molecule is CON(C)C(=O)C1CCC(N)(C(=O)c2cc3cc(Cl)ccc3[nH]2)C(NC(=O)c2nc3c(s2)CN(C)CC3)C1.Cl. The number of amides is 2. The molecule has 2 amide bonds. The Morgan fingerprint density at radius 3 is 2.85 bits per heavy atom. The van der Waals surface area contributed by atoms with Crippen molar-refractivity contribution in [2.75, 3.05) is 27.7 Å². The van der Waals surface area contributed by atoms with E-state index in [9.17, 15) is 14.4 Å². The molecule has 4 N–H and O–H groups in total. The fourth-order valence-electron chi connectivity index (χ4n) is 5.35. The summed E-state index contributed by atoms with van der Waals surface area (Å²) in [6.07, 6.45) is 1.56. The van der Waals surface area contributed by atoms with Gasteiger partial charge in [0.1, 0.15) is 5.54 Å². The van der Waals surface area contributed by atoms with Gasteiger partial charge in [-0.15, -0.1) is 23.7 Å². The van der Waals surface area contributed by atoms with E-state index in [-0.39, 0.29) is 36.9 Å². The highest BCUT2D eigenvalue weighted by molar-refractivity contribution is 7.13. The molecular weight excluding hydrogens is 563 g/mol. The van der Waals surface area contributed by atoms with E-state index in [0.717, 1.165) is 41.0 Å². The zero-order valence-corrected chi connectivity index (χ0v) is 24.3. The van der Waals surface area contributed by atoms with E-state index in [2.05, 4.69) is 20.2 Å². The van der Waals surface area contributed by atoms with Gasteiger partial charge in [-0.3, -0.25) is 19.2 Å². The Hall–Kier alpha value is -2.54. The molecule has 3 aromatic rings. The third kappa shape index (κ3) is 5.70. The van der Waals surface area contributed by atoms with Crippen molar-refractivity contribution in [1.29, 1.82) is 0 Å². The number of carbonyl (C=O) groups excluding carboxylic acids is 3. The second-order valence-electron chi connectivity index (χ2n) is 10.2. The Morgan fingerprint density at radius 1 is 1.33 bits per heavy atom. The van der Waals surface area contributed by atoms with Crippen LogP contribution < -0.4 is 11.1 Å². The van der Waals surface area contributed by atoms with Crippen LogP contribution in [-0.2, 0) is 22.6 Å². The van der Waals surface area contributed by atoms with Gasteiger partial charge in [-0.05, 0) is 50.6 Å². The molecule has 1 fully saturated rings. The zero-order chi connectivity index (χ0) is 27.2. The molecule has 1 aromatic carbocycles. The van der Waals surface area contributed by atoms with Crippen LogP contribution >= 0.6 is 35.3 Å². The number of fused-ring (bicyclic) bond motifs is 2. The predicted molar refractivity (Wildman–Crippen MR) is 152 cm³/mol. The number of hydrogen-bond donors (Lipinski definition) is 3. The summed E-state index contributed by atoms with van der Waals surface area (Å²) in [7, 11) is 4.99. The van der Waals surface area contributed by atoms with Gasteiger partial charge in [0.25, 0.3) is 5.91 Å². The monoisotopic (exact) mass is 594 g/mol. The van der Waals surface area contributed by atoms with E-state index in [0.29, 0.717) is 22.1 Å². The minimum atomic E-state index is -1.43. The van der Waals surface area contributed by atoms with E-state index in [1.54, 1.807) is 24.3 Å². The lowest BCUT2D eigenvalue weighted by Gasteiger charge is -2.43. The highest BCUT2D eigenvalue weighted by Crippen LogP contribution is 2.35. The fraction of sp³-hybridized carbons (Fsp3) is 0.462. The Balaban J connectivity index is 0.00000353. The number of aromatic nitrogens is 2. The molecule has 5 rings (SSSR count). The molecule has 210 valence electrons. The molecule has 3 heterocycles. The lowest BCUT2D eigenvalue weighted by Crippen LogP contribution is -2.66. The number of thiazole rings is 1. The Morgan fingerprint density at radius 2 is 2.10 bits per heavy atom. The molecule has 0 spiro atoms. The van der Waals surface area contributed by atoms with Crippen LogP contribution in [0.3, 0.4) is 0 Å². The number of hydroxylamine groups is 2. The number of halogens is 2. The number of aromatic amines is 1. The number of likely N-dealkylation sites (N-methyl/N-ethyl adjacent to an activating group) is 1. The molecule has 3 atom stereocenters. The van der Waals surface area contributed by atoms with Crippen molar-refractivity contribution in [2.24, 2.45) is 11.7 Å². The van der Waals surface area contributed by atoms with Gasteiger partial charge < -0.3 is 20.9 Å². The van der Waals surface area contributed by atoms with Gasteiger partial charge in [-0.1, -0.05) is 11.6 Å². The summed E-state index contributed by atoms with van der Waals surface area (Å²) >= 11 is 7.48. The minimum Gasteiger partial charge on any atom is -0.352 e. The van der Waals surface area contributed by atoms with Gasteiger partial charge >= 0.3 is 0 Å². The molecule has 1 aliphatic heterocycles. The maximum atomic E-state index is 13.9. The van der Waals surface area contributed by atoms with Crippen molar-refractivity contribution in [2.45, 2.75) is 43.8 Å². The number of H-pyrrole nitrogens is 1. The first-order chi connectivity index (χ1) is 18.1. The molecule has 1 saturated carbocycles. The molecule has 0 radical (unpaired) electrons. The topological polar surface area (TPSA) is 134 Å². The van der Waals surface area contributed by atoms with Gasteiger partial charge in [0.05, 0.1) is 24.5 Å². The lowest BCUT2D eigenvalue weighted by atomic mass is 9.70. The highest BCUT2D eigenvalue weighted by atomic mass is 35.5. The number of carbonyl (C=O) groups is 3. The third-order valence-corrected chi connectivity index (χ3v) is 8.97. The van der Waals surface area contributed by atoms with Crippen LogP contribution in [0.2, 0.25) is 5.02 Å². The minimum absolute atomic E-state index is 0. The number of hydrogen-bond acceptors (Lipinski definition) is 8. The Bertz CT molecular complexity index is 1410. The summed E-state index contributed by atoms with van der Waals surface area (Å²) in [5.74, 6) is -1.42. The summed E-state index contributed by atoms with van der Waals surface area (Å²) in [6, 6.07) is 6.23. The van der Waals surface area contributed by atoms with Crippen LogP contribution in [0.25, 0.3) is 10.9 Å². The van der Waals surface area contributed by atoms with Gasteiger partial charge in [-0.25, -0.2) is 10.0 Å². The summed E-state index contributed by atoms with van der Waals surface area (Å²) < 4.78 is 0. The Kier molecular flexibility index (Phi) is 8.70. The molecular formula is C26H32Cl2N6O4S. The van der Waals surface area contributed by atoms with Gasteiger partial charge in [0.15, 0.2) is 5.01 Å². The predicted octanol–water partition coefficient (Wildman–Crippen LogP) is 3.19. The van der Waals surface area contributed by atoms with Crippen molar-refractivity contribution >= 4 is 63.8 Å². The first kappa shape index (κ1) is 29.4. The lowest BCUT2D eigenvalue weighted by molar-refractivity contribution is -0.175. The molecule has 2 aromatic heterocycles. The van der Waals surface area contributed by atoms with Crippen molar-refractivity contribution in [1.82, 2.24) is 25.2 Å². The first-order valence-corrected chi connectivity index (χ1v) is 13.7. The number of rotatable bonds is 6. The first-order valence-electron chi connectivity index (χ1n) is 12.5. The number of benzene rings is 1. The van der Waals surface area contributed by atoms with Crippen LogP contribution in [0, 0.1) is 5.92 Å². The van der Waals surface area contributed by atoms with Crippen LogP contribution in [-0.4, -0.2) is 76.9 Å². The zero-order valence-electron chi connectivity index (χ0n) is 22.0. The van der Waals surface area contributed by atoms with E-state index >= 15 is 0 Å². The number of nitrogens with zero attached hydrogens (tertiary/aromatic N) is 3. The van der Waals surface area contributed by atoms with Gasteiger partial charge in [-0.2, -0.15) is 0 Å². The number of nitrogens with one attached hydrogen (secondary N) is 2. The number of nitrogens with two attached hydrogens (primary N) is 1. The maximum Gasteiger partial charge on any atom is 0.280 e. The van der Waals surface area contributed by atoms with Crippen LogP contribution in [0.4, 0.5) is 0 Å². The fourth-order valence-corrected chi connectivity index (χ4v) is 6.62. The summed E-state index contributed by atoms with van der Waals surface area (Å²) in [4.78, 5) is 56.3. The maximum absolute atomic E-state index is 13.9. The van der Waals surface area contributed by atoms with Crippen molar-refractivity contribution in [3.63, 3.8) is 0 Å². The highest BCUT2D eigenvalue weighted by Gasteiger charge is 2.49. The quantitative estimate of drug-likeness (QED) is 0.295. The standard InChI is InChI=1S/C26H31ClN6O4S.ClH/c1-32-9-7-18-20(13-32)38-24(30-18)23(35)31-21-12-14(25(36)33(2)37-3)6-8-26(21,28)22(34)19-11-15-10-16(27)4-5-17(15)29-19;/h4-5,10-11,14,21,29H,6-9,12-13,28H2,1-3H3,(H,31,35);1H. The second kappa shape index (κ2) is 11.5. The molecule has 13 heteroatoms. The molecule has 0 bridgehead atoms. The molecule has 1 aliphatic carbocycles. The number of ketones is 1. The summed E-state index contributed by atoms with van der Waals surface area (Å²) in [6.45, 7) is 1.63. The van der Waals surface area contributed by atoms with Crippen molar-refractivity contribution < 1.29 is 19.2 Å². The van der Waals surface area contributed by atoms with Gasteiger partial charge in [0, 0.05) is 53.3 Å². The van der Waals surface area contributed by atoms with Crippen molar-refractivity contribution in [3.05, 3.63) is 50.6 Å². The van der Waals surface area contributed by atoms with E-state index in [1.165, 1.54) is 30.6 Å². The third-order valence-electron chi connectivity index (χ3n) is 7.65. The summed E-state index contributed by atoms with van der Waals surface area (Å²) in [5.41, 5.74) is 7.44. The molecule has 0 saturated heterocycles. The molecule has 3 unspecified atom stereocenters. The van der Waals surface area contributed by atoms with Crippen LogP contribution in [0.1, 0.15) is 50.1 Å². The molecule has 10 nitrogen and oxygen atoms in total. The second-order valence-corrected chi connectivity index (χ2v) is 11.7. The van der Waals surface area contributed by atoms with Gasteiger partial charge in [0.2, 0.25) is 11.7 Å². The number of Topliss-reactive ketones (excluding diaryl/α,β-unsaturated/α-hetero) is 1. The smallest absolute Gasteiger partial charge is 0.280 e. The average molecular weight is 596 g/mol. The average Bonchev–Trinajstić information content (AvgIpc) is 3.52. The molecule has 2 aliphatic rings. The van der Waals surface area contributed by atoms with E-state index < -0.39 is 23.4 Å². The largest absolute Gasteiger partial charge is 0.352 e. The van der Waals surface area contributed by atoms with Crippen LogP contribution in [0.5, 0.6) is 0 Å². The normalized spacial score (nSPS) is 23.1.